The van der Waals surface area contributed by atoms with E-state index in [-0.39, 0.29) is 5.91 Å². The smallest absolute Gasteiger partial charge is 0.285 e. The number of hydrogen-bond donors (Lipinski definition) is 2. The third-order valence-corrected chi connectivity index (χ3v) is 3.61. The lowest BCUT2D eigenvalue weighted by atomic mass is 9.96. The van der Waals surface area contributed by atoms with Crippen LogP contribution in [-0.2, 0) is 14.4 Å². The minimum atomic E-state index is -0.933. The Balaban J connectivity index is 2.49. The molecule has 1 aromatic heterocycles. The van der Waals surface area contributed by atoms with E-state index in [1.165, 1.54) is 11.3 Å². The molecule has 6 nitrogen and oxygen atoms in total. The second-order valence-electron chi connectivity index (χ2n) is 4.22. The Hall–Kier alpha value is -1.76. The Kier molecular flexibility index (Phi) is 6.14. The first kappa shape index (κ1) is 15.3. The van der Waals surface area contributed by atoms with Gasteiger partial charge in [-0.15, -0.1) is 11.3 Å². The fraction of sp³-hybridized carbons (Fsp3) is 0.500. The quantitative estimate of drug-likeness (QED) is 0.513. The number of nitrogens with zero attached hydrogens (tertiary/aromatic N) is 1. The SMILES string of the molecule is NC(=O)CCCCCC(C(=O)C(N)=O)c1nccs1. The molecule has 1 atom stereocenters. The molecule has 0 bridgehead atoms. The third kappa shape index (κ3) is 5.17. The van der Waals surface area contributed by atoms with Crippen LogP contribution in [-0.4, -0.2) is 22.6 Å². The van der Waals surface area contributed by atoms with Gasteiger partial charge in [0.25, 0.3) is 5.91 Å². The Morgan fingerprint density at radius 3 is 2.47 bits per heavy atom. The second-order valence-corrected chi connectivity index (χ2v) is 5.14. The molecule has 2 amide bonds. The van der Waals surface area contributed by atoms with Crippen LogP contribution in [0.15, 0.2) is 11.6 Å². The van der Waals surface area contributed by atoms with Crippen molar-refractivity contribution in [1.29, 1.82) is 0 Å². The van der Waals surface area contributed by atoms with Crippen LogP contribution >= 0.6 is 11.3 Å². The van der Waals surface area contributed by atoms with Crippen LogP contribution in [0.3, 0.4) is 0 Å². The van der Waals surface area contributed by atoms with Gasteiger partial charge in [-0.25, -0.2) is 4.98 Å². The molecule has 0 radical (unpaired) electrons. The number of ketones is 1. The summed E-state index contributed by atoms with van der Waals surface area (Å²) >= 11 is 1.33. The normalized spacial score (nSPS) is 12.0. The van der Waals surface area contributed by atoms with Gasteiger partial charge in [0.15, 0.2) is 0 Å². The third-order valence-electron chi connectivity index (χ3n) is 2.72. The van der Waals surface area contributed by atoms with Crippen molar-refractivity contribution in [3.05, 3.63) is 16.6 Å². The van der Waals surface area contributed by atoms with Gasteiger partial charge in [0.2, 0.25) is 11.7 Å². The number of nitrogens with two attached hydrogens (primary N) is 2. The Morgan fingerprint density at radius 1 is 1.21 bits per heavy atom. The summed E-state index contributed by atoms with van der Waals surface area (Å²) in [6, 6.07) is 0. The first-order valence-electron chi connectivity index (χ1n) is 6.03. The summed E-state index contributed by atoms with van der Waals surface area (Å²) < 4.78 is 0. The van der Waals surface area contributed by atoms with Crippen molar-refractivity contribution in [1.82, 2.24) is 4.98 Å². The maximum Gasteiger partial charge on any atom is 0.285 e. The number of carbonyl (C=O) groups is 3. The van der Waals surface area contributed by atoms with E-state index in [0.717, 1.165) is 12.8 Å². The predicted molar refractivity (Wildman–Crippen MR) is 71.3 cm³/mol. The topological polar surface area (TPSA) is 116 Å². The number of unbranched alkanes of at least 4 members (excludes halogenated alkanes) is 2. The van der Waals surface area contributed by atoms with Crippen LogP contribution in [0.5, 0.6) is 0 Å². The van der Waals surface area contributed by atoms with Crippen LogP contribution in [0.25, 0.3) is 0 Å². The number of amides is 2. The summed E-state index contributed by atoms with van der Waals surface area (Å²) in [5.41, 5.74) is 10.1. The largest absolute Gasteiger partial charge is 0.370 e. The summed E-state index contributed by atoms with van der Waals surface area (Å²) in [5, 5.41) is 2.36. The number of rotatable bonds is 9. The fourth-order valence-corrected chi connectivity index (χ4v) is 2.54. The van der Waals surface area contributed by atoms with E-state index in [1.54, 1.807) is 11.6 Å². The fourth-order valence-electron chi connectivity index (χ4n) is 1.77. The standard InChI is InChI=1S/C12H17N3O3S/c13-9(16)5-3-1-2-4-8(10(17)11(14)18)12-15-6-7-19-12/h6-8H,1-5H2,(H2,13,16)(H2,14,18). The van der Waals surface area contributed by atoms with E-state index in [2.05, 4.69) is 4.98 Å². The van der Waals surface area contributed by atoms with Gasteiger partial charge in [0, 0.05) is 18.0 Å². The number of primary amides is 2. The van der Waals surface area contributed by atoms with Gasteiger partial charge < -0.3 is 11.5 Å². The zero-order chi connectivity index (χ0) is 14.3. The zero-order valence-corrected chi connectivity index (χ0v) is 11.3. The molecule has 0 aliphatic carbocycles. The van der Waals surface area contributed by atoms with Crippen molar-refractivity contribution < 1.29 is 14.4 Å². The average Bonchev–Trinajstić information content (AvgIpc) is 2.86. The highest BCUT2D eigenvalue weighted by Crippen LogP contribution is 2.25. The highest BCUT2D eigenvalue weighted by molar-refractivity contribution is 7.09. The van der Waals surface area contributed by atoms with Crippen LogP contribution in [0, 0.1) is 0 Å². The average molecular weight is 283 g/mol. The molecule has 7 heteroatoms. The van der Waals surface area contributed by atoms with Crippen molar-refractivity contribution in [3.63, 3.8) is 0 Å². The van der Waals surface area contributed by atoms with Gasteiger partial charge in [0.1, 0.15) is 5.01 Å². The molecular weight excluding hydrogens is 266 g/mol. The first-order valence-corrected chi connectivity index (χ1v) is 6.91. The van der Waals surface area contributed by atoms with E-state index in [4.69, 9.17) is 11.5 Å². The van der Waals surface area contributed by atoms with Crippen LogP contribution in [0.2, 0.25) is 0 Å². The minimum Gasteiger partial charge on any atom is -0.370 e. The summed E-state index contributed by atoms with van der Waals surface area (Å²) in [7, 11) is 0. The van der Waals surface area contributed by atoms with E-state index in [0.29, 0.717) is 24.3 Å². The van der Waals surface area contributed by atoms with Crippen molar-refractivity contribution >= 4 is 28.9 Å². The Bertz CT molecular complexity index is 445. The Labute approximate surface area is 115 Å². The van der Waals surface area contributed by atoms with Gasteiger partial charge in [-0.2, -0.15) is 0 Å². The summed E-state index contributed by atoms with van der Waals surface area (Å²) in [4.78, 5) is 37.4. The molecule has 4 N–H and O–H groups in total. The Morgan fingerprint density at radius 2 is 1.95 bits per heavy atom. The maximum atomic E-state index is 11.7. The highest BCUT2D eigenvalue weighted by Gasteiger charge is 2.26. The first-order chi connectivity index (χ1) is 9.02. The molecule has 0 fully saturated rings. The molecule has 0 aliphatic heterocycles. The lowest BCUT2D eigenvalue weighted by Gasteiger charge is -2.10. The van der Waals surface area contributed by atoms with Crippen LogP contribution in [0.4, 0.5) is 0 Å². The lowest BCUT2D eigenvalue weighted by molar-refractivity contribution is -0.137. The molecule has 1 rings (SSSR count). The highest BCUT2D eigenvalue weighted by atomic mass is 32.1. The van der Waals surface area contributed by atoms with Crippen molar-refractivity contribution in [2.45, 2.75) is 38.0 Å². The summed E-state index contributed by atoms with van der Waals surface area (Å²) in [6.45, 7) is 0. The molecule has 1 unspecified atom stereocenters. The molecule has 0 saturated carbocycles. The molecule has 1 heterocycles. The van der Waals surface area contributed by atoms with E-state index < -0.39 is 17.6 Å². The molecule has 104 valence electrons. The van der Waals surface area contributed by atoms with E-state index in [1.807, 2.05) is 0 Å². The number of thiazole rings is 1. The van der Waals surface area contributed by atoms with Crippen LogP contribution < -0.4 is 11.5 Å². The number of carbonyl (C=O) groups excluding carboxylic acids is 3. The number of hydrogen-bond acceptors (Lipinski definition) is 5. The van der Waals surface area contributed by atoms with E-state index >= 15 is 0 Å². The zero-order valence-electron chi connectivity index (χ0n) is 10.5. The molecule has 19 heavy (non-hydrogen) atoms. The van der Waals surface area contributed by atoms with Crippen molar-refractivity contribution in [3.8, 4) is 0 Å². The lowest BCUT2D eigenvalue weighted by Crippen LogP contribution is -2.28. The monoisotopic (exact) mass is 283 g/mol. The van der Waals surface area contributed by atoms with Gasteiger partial charge >= 0.3 is 0 Å². The van der Waals surface area contributed by atoms with Gasteiger partial charge in [-0.1, -0.05) is 12.8 Å². The molecule has 0 spiro atoms. The second kappa shape index (κ2) is 7.63. The summed E-state index contributed by atoms with van der Waals surface area (Å²) in [6.07, 6.45) is 4.62. The van der Waals surface area contributed by atoms with Crippen molar-refractivity contribution in [2.75, 3.05) is 0 Å². The maximum absolute atomic E-state index is 11.7. The van der Waals surface area contributed by atoms with Crippen molar-refractivity contribution in [2.24, 2.45) is 11.5 Å². The minimum absolute atomic E-state index is 0.329. The molecule has 0 aliphatic rings. The number of Topliss-reactive ketones (excluding diaryl/α,β-unsaturated/α-hetero) is 1. The van der Waals surface area contributed by atoms with Crippen LogP contribution in [0.1, 0.15) is 43.0 Å². The van der Waals surface area contributed by atoms with Gasteiger partial charge in [-0.3, -0.25) is 14.4 Å². The van der Waals surface area contributed by atoms with Gasteiger partial charge in [0.05, 0.1) is 5.92 Å². The summed E-state index contributed by atoms with van der Waals surface area (Å²) in [5.74, 6) is -2.43. The molecule has 0 aromatic carbocycles. The van der Waals surface area contributed by atoms with Gasteiger partial charge in [-0.05, 0) is 12.8 Å². The predicted octanol–water partition coefficient (Wildman–Crippen LogP) is 0.717. The number of aromatic nitrogens is 1. The molecule has 1 aromatic rings. The van der Waals surface area contributed by atoms with E-state index in [9.17, 15) is 14.4 Å². The molecular formula is C12H17N3O3S. The molecule has 0 saturated heterocycles.